The zero-order valence-corrected chi connectivity index (χ0v) is 16.2. The lowest BCUT2D eigenvalue weighted by Gasteiger charge is -2.08. The molecule has 1 aromatic heterocycles. The molecule has 2 aromatic carbocycles. The average molecular weight is 406 g/mol. The van der Waals surface area contributed by atoms with E-state index in [0.29, 0.717) is 16.9 Å². The molecule has 0 aliphatic heterocycles. The molecular weight excluding hydrogens is 387 g/mol. The second kappa shape index (κ2) is 9.97. The number of benzene rings is 2. The molecule has 1 amide bonds. The van der Waals surface area contributed by atoms with Gasteiger partial charge < -0.3 is 14.8 Å². The highest BCUT2D eigenvalue weighted by molar-refractivity contribution is 5.92. The number of esters is 1. The first kappa shape index (κ1) is 20.7. The van der Waals surface area contributed by atoms with E-state index in [1.807, 2.05) is 0 Å². The van der Waals surface area contributed by atoms with Gasteiger partial charge in [-0.3, -0.25) is 9.78 Å². The van der Waals surface area contributed by atoms with E-state index in [4.69, 9.17) is 4.74 Å². The van der Waals surface area contributed by atoms with Crippen LogP contribution in [-0.2, 0) is 16.1 Å². The van der Waals surface area contributed by atoms with Gasteiger partial charge in [0.2, 0.25) is 5.91 Å². The molecule has 0 fully saturated rings. The Morgan fingerprint density at radius 1 is 1.13 bits per heavy atom. The van der Waals surface area contributed by atoms with Gasteiger partial charge in [0.25, 0.3) is 0 Å². The molecule has 1 heterocycles. The Morgan fingerprint density at radius 3 is 2.60 bits per heavy atom. The van der Waals surface area contributed by atoms with E-state index < -0.39 is 11.8 Å². The van der Waals surface area contributed by atoms with Crippen LogP contribution in [-0.4, -0.2) is 24.0 Å². The van der Waals surface area contributed by atoms with E-state index >= 15 is 0 Å². The Kier molecular flexibility index (Phi) is 6.89. The van der Waals surface area contributed by atoms with E-state index in [1.54, 1.807) is 54.7 Å². The molecule has 3 rings (SSSR count). The van der Waals surface area contributed by atoms with Gasteiger partial charge in [0, 0.05) is 18.8 Å². The van der Waals surface area contributed by atoms with Gasteiger partial charge >= 0.3 is 5.97 Å². The second-order valence-electron chi connectivity index (χ2n) is 6.22. The molecule has 0 spiro atoms. The van der Waals surface area contributed by atoms with Gasteiger partial charge in [-0.05, 0) is 53.6 Å². The van der Waals surface area contributed by atoms with E-state index in [9.17, 15) is 14.0 Å². The van der Waals surface area contributed by atoms with Crippen molar-refractivity contribution in [2.24, 2.45) is 0 Å². The molecule has 152 valence electrons. The summed E-state index contributed by atoms with van der Waals surface area (Å²) in [5, 5.41) is 2.69. The number of nitrogens with zero attached hydrogens (tertiary/aromatic N) is 1. The highest BCUT2D eigenvalue weighted by atomic mass is 19.1. The van der Waals surface area contributed by atoms with Crippen LogP contribution in [0.4, 0.5) is 4.39 Å². The van der Waals surface area contributed by atoms with Crippen molar-refractivity contribution in [3.05, 3.63) is 95.6 Å². The van der Waals surface area contributed by atoms with Gasteiger partial charge in [-0.1, -0.05) is 18.2 Å². The number of hydrogen-bond donors (Lipinski definition) is 1. The molecule has 0 atom stereocenters. The minimum Gasteiger partial charge on any atom is -0.465 e. The van der Waals surface area contributed by atoms with Crippen molar-refractivity contribution >= 4 is 18.0 Å². The number of amides is 1. The summed E-state index contributed by atoms with van der Waals surface area (Å²) >= 11 is 0. The summed E-state index contributed by atoms with van der Waals surface area (Å²) in [6, 6.07) is 14.5. The first-order valence-corrected chi connectivity index (χ1v) is 9.06. The second-order valence-corrected chi connectivity index (χ2v) is 6.22. The number of pyridine rings is 1. The van der Waals surface area contributed by atoms with Crippen LogP contribution in [0.5, 0.6) is 11.5 Å². The van der Waals surface area contributed by atoms with Crippen molar-refractivity contribution < 1.29 is 23.5 Å². The fraction of sp³-hybridized carbons (Fsp3) is 0.0870. The van der Waals surface area contributed by atoms with Crippen molar-refractivity contribution in [1.82, 2.24) is 10.3 Å². The number of ether oxygens (including phenoxy) is 2. The van der Waals surface area contributed by atoms with Gasteiger partial charge in [0.05, 0.1) is 18.9 Å². The summed E-state index contributed by atoms with van der Waals surface area (Å²) in [7, 11) is 1.31. The minimum atomic E-state index is -0.535. The molecule has 7 heteroatoms. The lowest BCUT2D eigenvalue weighted by Crippen LogP contribution is -2.20. The minimum absolute atomic E-state index is 0.0772. The maximum Gasteiger partial charge on any atom is 0.337 e. The van der Waals surface area contributed by atoms with Crippen LogP contribution < -0.4 is 10.1 Å². The van der Waals surface area contributed by atoms with Crippen LogP contribution in [0.25, 0.3) is 6.08 Å². The Labute approximate surface area is 173 Å². The number of hydrogen-bond acceptors (Lipinski definition) is 5. The molecule has 30 heavy (non-hydrogen) atoms. The topological polar surface area (TPSA) is 77.5 Å². The summed E-state index contributed by atoms with van der Waals surface area (Å²) in [4.78, 5) is 27.3. The number of carbonyl (C=O) groups excluding carboxylic acids is 2. The summed E-state index contributed by atoms with van der Waals surface area (Å²) in [6.07, 6.45) is 6.06. The monoisotopic (exact) mass is 406 g/mol. The van der Waals surface area contributed by atoms with Crippen LogP contribution in [0, 0.1) is 5.82 Å². The van der Waals surface area contributed by atoms with Crippen molar-refractivity contribution in [3.63, 3.8) is 0 Å². The van der Waals surface area contributed by atoms with Crippen molar-refractivity contribution in [3.8, 4) is 11.5 Å². The van der Waals surface area contributed by atoms with Gasteiger partial charge in [0.15, 0.2) is 11.6 Å². The van der Waals surface area contributed by atoms with Crippen LogP contribution >= 0.6 is 0 Å². The molecule has 0 saturated heterocycles. The predicted octanol–water partition coefficient (Wildman–Crippen LogP) is 4.13. The van der Waals surface area contributed by atoms with Crippen LogP contribution in [0.1, 0.15) is 21.5 Å². The normalized spacial score (nSPS) is 10.6. The Bertz CT molecular complexity index is 1050. The molecule has 0 bridgehead atoms. The highest BCUT2D eigenvalue weighted by Gasteiger charge is 2.07. The van der Waals surface area contributed by atoms with E-state index in [1.165, 1.54) is 31.5 Å². The van der Waals surface area contributed by atoms with Crippen LogP contribution in [0.15, 0.2) is 73.1 Å². The number of halogens is 1. The average Bonchev–Trinajstić information content (AvgIpc) is 2.78. The zero-order valence-electron chi connectivity index (χ0n) is 16.2. The highest BCUT2D eigenvalue weighted by Crippen LogP contribution is 2.24. The molecule has 3 aromatic rings. The maximum atomic E-state index is 14.2. The summed E-state index contributed by atoms with van der Waals surface area (Å²) in [6.45, 7) is 0.161. The van der Waals surface area contributed by atoms with Gasteiger partial charge in [-0.2, -0.15) is 0 Å². The van der Waals surface area contributed by atoms with Crippen LogP contribution in [0.3, 0.4) is 0 Å². The smallest absolute Gasteiger partial charge is 0.337 e. The van der Waals surface area contributed by atoms with E-state index in [-0.39, 0.29) is 18.2 Å². The van der Waals surface area contributed by atoms with Crippen molar-refractivity contribution in [2.75, 3.05) is 7.11 Å². The Hall–Kier alpha value is -4.00. The molecule has 0 unspecified atom stereocenters. The number of methoxy groups -OCH3 is 1. The molecule has 1 N–H and O–H groups in total. The largest absolute Gasteiger partial charge is 0.465 e. The number of aromatic nitrogens is 1. The third kappa shape index (κ3) is 5.75. The van der Waals surface area contributed by atoms with E-state index in [2.05, 4.69) is 15.0 Å². The summed E-state index contributed by atoms with van der Waals surface area (Å²) in [5.74, 6) is -0.780. The standard InChI is InChI=1S/C23H19FN2O4/c1-29-23(28)18-8-4-16(5-9-18)7-11-22(27)26-14-17-6-10-21(20(24)13-17)30-19-3-2-12-25-15-19/h2-13,15H,14H2,1H3,(H,26,27)/b11-7+. The van der Waals surface area contributed by atoms with Crippen molar-refractivity contribution in [2.45, 2.75) is 6.54 Å². The Balaban J connectivity index is 1.53. The van der Waals surface area contributed by atoms with Crippen LogP contribution in [0.2, 0.25) is 0 Å². The molecule has 6 nitrogen and oxygen atoms in total. The maximum absolute atomic E-state index is 14.2. The van der Waals surface area contributed by atoms with Gasteiger partial charge in [-0.15, -0.1) is 0 Å². The number of carbonyl (C=O) groups is 2. The summed E-state index contributed by atoms with van der Waals surface area (Å²) in [5.41, 5.74) is 1.77. The number of nitrogens with one attached hydrogen (secondary N) is 1. The molecule has 0 aliphatic carbocycles. The fourth-order valence-electron chi connectivity index (χ4n) is 2.54. The molecule has 0 saturated carbocycles. The quantitative estimate of drug-likeness (QED) is 0.472. The lowest BCUT2D eigenvalue weighted by atomic mass is 10.1. The van der Waals surface area contributed by atoms with Crippen molar-refractivity contribution in [1.29, 1.82) is 0 Å². The first-order valence-electron chi connectivity index (χ1n) is 9.06. The number of rotatable bonds is 7. The molecule has 0 radical (unpaired) electrons. The predicted molar refractivity (Wildman–Crippen MR) is 109 cm³/mol. The van der Waals surface area contributed by atoms with E-state index in [0.717, 1.165) is 5.56 Å². The first-order chi connectivity index (χ1) is 14.5. The van der Waals surface area contributed by atoms with Gasteiger partial charge in [-0.25, -0.2) is 9.18 Å². The van der Waals surface area contributed by atoms with Gasteiger partial charge in [0.1, 0.15) is 5.75 Å². The summed E-state index contributed by atoms with van der Waals surface area (Å²) < 4.78 is 24.3. The molecular formula is C23H19FN2O4. The molecule has 0 aliphatic rings. The fourth-order valence-corrected chi connectivity index (χ4v) is 2.54. The third-order valence-corrected chi connectivity index (χ3v) is 4.08. The lowest BCUT2D eigenvalue weighted by molar-refractivity contribution is -0.116. The SMILES string of the molecule is COC(=O)c1ccc(/C=C/C(=O)NCc2ccc(Oc3cccnc3)c(F)c2)cc1. The zero-order chi connectivity index (χ0) is 21.3. The Morgan fingerprint density at radius 2 is 1.93 bits per heavy atom. The third-order valence-electron chi connectivity index (χ3n) is 4.08.